The first kappa shape index (κ1) is 18.8. The summed E-state index contributed by atoms with van der Waals surface area (Å²) in [5.74, 6) is -0.354. The van der Waals surface area contributed by atoms with Gasteiger partial charge in [-0.1, -0.05) is 26.2 Å². The van der Waals surface area contributed by atoms with Gasteiger partial charge in [0.1, 0.15) is 17.4 Å². The van der Waals surface area contributed by atoms with Crippen LogP contribution in [0.2, 0.25) is 0 Å². The van der Waals surface area contributed by atoms with Crippen LogP contribution in [0.15, 0.2) is 42.0 Å². The van der Waals surface area contributed by atoms with Gasteiger partial charge in [0.15, 0.2) is 0 Å². The molecule has 0 saturated heterocycles. The molecule has 0 unspecified atom stereocenters. The lowest BCUT2D eigenvalue weighted by atomic mass is 10.2. The molecule has 0 atom stereocenters. The van der Waals surface area contributed by atoms with Crippen LogP contribution in [-0.4, -0.2) is 17.7 Å². The molecule has 0 spiro atoms. The number of benzene rings is 1. The zero-order valence-corrected chi connectivity index (χ0v) is 15.0. The first-order chi connectivity index (χ1) is 12.1. The largest absolute Gasteiger partial charge is 0.494 e. The molecule has 1 aromatic heterocycles. The summed E-state index contributed by atoms with van der Waals surface area (Å²) >= 11 is 1.45. The van der Waals surface area contributed by atoms with Crippen LogP contribution in [0.4, 0.5) is 0 Å². The summed E-state index contributed by atoms with van der Waals surface area (Å²) in [6.07, 6.45) is 6.12. The Morgan fingerprint density at radius 2 is 1.96 bits per heavy atom. The van der Waals surface area contributed by atoms with E-state index in [0.29, 0.717) is 0 Å². The Kier molecular flexibility index (Phi) is 7.24. The van der Waals surface area contributed by atoms with Gasteiger partial charge >= 0.3 is 5.97 Å². The van der Waals surface area contributed by atoms with E-state index >= 15 is 0 Å². The molecule has 130 valence electrons. The summed E-state index contributed by atoms with van der Waals surface area (Å²) in [5.41, 5.74) is 0.775. The summed E-state index contributed by atoms with van der Waals surface area (Å²) < 4.78 is 5.73. The molecule has 5 heteroatoms. The minimum Gasteiger partial charge on any atom is -0.494 e. The lowest BCUT2D eigenvalue weighted by molar-refractivity contribution is -0.132. The van der Waals surface area contributed by atoms with E-state index < -0.39 is 5.97 Å². The number of nitriles is 1. The number of aliphatic carboxylic acids is 1. The van der Waals surface area contributed by atoms with Crippen molar-refractivity contribution in [2.75, 3.05) is 6.61 Å². The predicted molar refractivity (Wildman–Crippen MR) is 101 cm³/mol. The molecule has 1 heterocycles. The molecule has 0 saturated carbocycles. The molecule has 0 radical (unpaired) electrons. The smallest absolute Gasteiger partial charge is 0.346 e. The van der Waals surface area contributed by atoms with Crippen molar-refractivity contribution in [3.8, 4) is 22.3 Å². The van der Waals surface area contributed by atoms with E-state index in [1.807, 2.05) is 36.4 Å². The second-order valence-electron chi connectivity index (χ2n) is 5.61. The van der Waals surface area contributed by atoms with Gasteiger partial charge in [0.05, 0.1) is 6.61 Å². The Morgan fingerprint density at radius 3 is 2.60 bits per heavy atom. The molecule has 1 N–H and O–H groups in total. The zero-order chi connectivity index (χ0) is 18.1. The van der Waals surface area contributed by atoms with Crippen molar-refractivity contribution in [2.45, 2.75) is 32.6 Å². The van der Waals surface area contributed by atoms with E-state index in [4.69, 9.17) is 15.1 Å². The van der Waals surface area contributed by atoms with Crippen molar-refractivity contribution in [3.63, 3.8) is 0 Å². The number of nitrogens with zero attached hydrogens (tertiary/aromatic N) is 1. The average molecular weight is 355 g/mol. The molecule has 0 bridgehead atoms. The highest BCUT2D eigenvalue weighted by molar-refractivity contribution is 7.16. The first-order valence-corrected chi connectivity index (χ1v) is 9.14. The van der Waals surface area contributed by atoms with E-state index in [1.54, 1.807) is 6.07 Å². The fourth-order valence-corrected chi connectivity index (χ4v) is 3.26. The third kappa shape index (κ3) is 5.77. The molecule has 0 aliphatic heterocycles. The molecular weight excluding hydrogens is 334 g/mol. The van der Waals surface area contributed by atoms with Crippen LogP contribution in [0.25, 0.3) is 16.5 Å². The fourth-order valence-electron chi connectivity index (χ4n) is 2.30. The van der Waals surface area contributed by atoms with Crippen molar-refractivity contribution >= 4 is 23.4 Å². The molecule has 25 heavy (non-hydrogen) atoms. The van der Waals surface area contributed by atoms with Crippen LogP contribution in [-0.2, 0) is 4.79 Å². The third-order valence-electron chi connectivity index (χ3n) is 3.67. The van der Waals surface area contributed by atoms with Gasteiger partial charge in [0.2, 0.25) is 0 Å². The van der Waals surface area contributed by atoms with Crippen LogP contribution in [0.3, 0.4) is 0 Å². The van der Waals surface area contributed by atoms with Gasteiger partial charge in [0.25, 0.3) is 0 Å². The SMILES string of the molecule is CCCCCCOc1ccc(-c2ccc(/C=C(/C#N)C(=O)O)s2)cc1. The highest BCUT2D eigenvalue weighted by Crippen LogP contribution is 2.30. The minimum atomic E-state index is -1.21. The average Bonchev–Trinajstić information content (AvgIpc) is 3.08. The van der Waals surface area contributed by atoms with Crippen LogP contribution < -0.4 is 4.74 Å². The van der Waals surface area contributed by atoms with Gasteiger partial charge in [-0.15, -0.1) is 11.3 Å². The molecule has 4 nitrogen and oxygen atoms in total. The molecule has 0 aliphatic rings. The number of unbranched alkanes of at least 4 members (excludes halogenated alkanes) is 3. The van der Waals surface area contributed by atoms with Crippen molar-refractivity contribution in [3.05, 3.63) is 46.8 Å². The van der Waals surface area contributed by atoms with Crippen LogP contribution in [0.5, 0.6) is 5.75 Å². The van der Waals surface area contributed by atoms with Crippen LogP contribution in [0.1, 0.15) is 37.5 Å². The quantitative estimate of drug-likeness (QED) is 0.373. The van der Waals surface area contributed by atoms with Gasteiger partial charge in [0, 0.05) is 9.75 Å². The third-order valence-corrected chi connectivity index (χ3v) is 4.75. The number of carboxylic acid groups (broad SMARTS) is 1. The molecule has 0 amide bonds. The van der Waals surface area contributed by atoms with Gasteiger partial charge in [-0.25, -0.2) is 4.79 Å². The van der Waals surface area contributed by atoms with Gasteiger partial charge in [-0.05, 0) is 54.5 Å². The topological polar surface area (TPSA) is 70.3 Å². The highest BCUT2D eigenvalue weighted by atomic mass is 32.1. The minimum absolute atomic E-state index is 0.264. The standard InChI is InChI=1S/C20H21NO3S/c1-2-3-4-5-12-24-17-8-6-15(7-9-17)19-11-10-18(25-19)13-16(14-21)20(22)23/h6-11,13H,2-5,12H2,1H3,(H,22,23)/b16-13-. The van der Waals surface area contributed by atoms with Crippen LogP contribution >= 0.6 is 11.3 Å². The van der Waals surface area contributed by atoms with E-state index in [-0.39, 0.29) is 5.57 Å². The number of ether oxygens (including phenoxy) is 1. The number of thiophene rings is 1. The maximum absolute atomic E-state index is 10.9. The number of rotatable bonds is 9. The van der Waals surface area contributed by atoms with E-state index in [1.165, 1.54) is 36.7 Å². The maximum Gasteiger partial charge on any atom is 0.346 e. The monoisotopic (exact) mass is 355 g/mol. The first-order valence-electron chi connectivity index (χ1n) is 8.32. The summed E-state index contributed by atoms with van der Waals surface area (Å²) in [7, 11) is 0. The Hall–Kier alpha value is -2.58. The lowest BCUT2D eigenvalue weighted by Gasteiger charge is -2.06. The van der Waals surface area contributed by atoms with Gasteiger partial charge in [-0.2, -0.15) is 5.26 Å². The second kappa shape index (κ2) is 9.65. The second-order valence-corrected chi connectivity index (χ2v) is 6.73. The van der Waals surface area contributed by atoms with E-state index in [0.717, 1.165) is 34.1 Å². The van der Waals surface area contributed by atoms with Crippen molar-refractivity contribution in [1.82, 2.24) is 0 Å². The van der Waals surface area contributed by atoms with Crippen molar-refractivity contribution in [1.29, 1.82) is 5.26 Å². The summed E-state index contributed by atoms with van der Waals surface area (Å²) in [6.45, 7) is 2.92. The molecule has 0 fully saturated rings. The van der Waals surface area contributed by atoms with E-state index in [2.05, 4.69) is 6.92 Å². The van der Waals surface area contributed by atoms with Crippen molar-refractivity contribution in [2.24, 2.45) is 0 Å². The highest BCUT2D eigenvalue weighted by Gasteiger charge is 2.08. The van der Waals surface area contributed by atoms with Gasteiger partial charge in [-0.3, -0.25) is 0 Å². The number of carboxylic acids is 1. The van der Waals surface area contributed by atoms with Gasteiger partial charge < -0.3 is 9.84 Å². The number of hydrogen-bond acceptors (Lipinski definition) is 4. The fraction of sp³-hybridized carbons (Fsp3) is 0.300. The molecule has 2 aromatic rings. The number of carbonyl (C=O) groups is 1. The Labute approximate surface area is 152 Å². The lowest BCUT2D eigenvalue weighted by Crippen LogP contribution is -1.96. The molecule has 0 aliphatic carbocycles. The Bertz CT molecular complexity index is 769. The van der Waals surface area contributed by atoms with E-state index in [9.17, 15) is 4.79 Å². The normalized spacial score (nSPS) is 11.1. The molecule has 1 aromatic carbocycles. The molecule has 2 rings (SSSR count). The summed E-state index contributed by atoms with van der Waals surface area (Å²) in [4.78, 5) is 12.7. The molecular formula is C20H21NO3S. The summed E-state index contributed by atoms with van der Waals surface area (Å²) in [5, 5.41) is 17.7. The zero-order valence-electron chi connectivity index (χ0n) is 14.2. The predicted octanol–water partition coefficient (Wildman–Crippen LogP) is 5.37. The summed E-state index contributed by atoms with van der Waals surface area (Å²) in [6, 6.07) is 13.3. The number of hydrogen-bond donors (Lipinski definition) is 1. The maximum atomic E-state index is 10.9. The van der Waals surface area contributed by atoms with Crippen molar-refractivity contribution < 1.29 is 14.6 Å². The Balaban J connectivity index is 1.99. The van der Waals surface area contributed by atoms with Crippen LogP contribution in [0, 0.1) is 11.3 Å². The Morgan fingerprint density at radius 1 is 1.20 bits per heavy atom.